The molecule has 0 radical (unpaired) electrons. The van der Waals surface area contributed by atoms with Crippen LogP contribution in [0.25, 0.3) is 22.4 Å². The van der Waals surface area contributed by atoms with E-state index >= 15 is 0 Å². The summed E-state index contributed by atoms with van der Waals surface area (Å²) in [6.07, 6.45) is 0. The third-order valence-electron chi connectivity index (χ3n) is 3.15. The highest BCUT2D eigenvalue weighted by molar-refractivity contribution is 6.39. The van der Waals surface area contributed by atoms with Crippen molar-refractivity contribution in [2.24, 2.45) is 0 Å². The lowest BCUT2D eigenvalue weighted by atomic mass is 10.0. The van der Waals surface area contributed by atoms with E-state index in [-0.39, 0.29) is 0 Å². The van der Waals surface area contributed by atoms with Crippen LogP contribution in [-0.2, 0) is 0 Å². The summed E-state index contributed by atoms with van der Waals surface area (Å²) >= 11 is 18.8. The van der Waals surface area contributed by atoms with Gasteiger partial charge >= 0.3 is 0 Å². The molecule has 0 atom stereocenters. The van der Waals surface area contributed by atoms with Crippen LogP contribution in [0, 0.1) is 0 Å². The van der Waals surface area contributed by atoms with Gasteiger partial charge in [-0.15, -0.1) is 0 Å². The van der Waals surface area contributed by atoms with E-state index in [9.17, 15) is 0 Å². The summed E-state index contributed by atoms with van der Waals surface area (Å²) in [6, 6.07) is 12.7. The molecule has 0 fully saturated rings. The van der Waals surface area contributed by atoms with E-state index in [1.807, 2.05) is 18.2 Å². The van der Waals surface area contributed by atoms with E-state index in [1.54, 1.807) is 24.3 Å². The van der Waals surface area contributed by atoms with E-state index in [4.69, 9.17) is 40.5 Å². The normalized spacial score (nSPS) is 10.8. The highest BCUT2D eigenvalue weighted by Crippen LogP contribution is 2.42. The van der Waals surface area contributed by atoms with Gasteiger partial charge in [0, 0.05) is 16.1 Å². The molecular formula is C15H10Cl3N3. The number of rotatable bonds is 2. The zero-order valence-corrected chi connectivity index (χ0v) is 13.0. The Morgan fingerprint density at radius 1 is 0.810 bits per heavy atom. The SMILES string of the molecule is Nc1n[nH]c(-c2c(Cl)cccc2Cl)c1-c1ccccc1Cl. The van der Waals surface area contributed by atoms with Crippen LogP contribution in [-0.4, -0.2) is 10.2 Å². The van der Waals surface area contributed by atoms with Gasteiger partial charge in [0.15, 0.2) is 5.82 Å². The van der Waals surface area contributed by atoms with Gasteiger partial charge in [-0.1, -0.05) is 59.1 Å². The molecular weight excluding hydrogens is 329 g/mol. The minimum absolute atomic E-state index is 0.342. The molecule has 106 valence electrons. The van der Waals surface area contributed by atoms with Crippen LogP contribution in [0.5, 0.6) is 0 Å². The maximum atomic E-state index is 6.27. The van der Waals surface area contributed by atoms with Gasteiger partial charge in [-0.25, -0.2) is 0 Å². The second-order valence-corrected chi connectivity index (χ2v) is 5.66. The fraction of sp³-hybridized carbons (Fsp3) is 0. The molecule has 1 aromatic heterocycles. The van der Waals surface area contributed by atoms with Crippen LogP contribution in [0.4, 0.5) is 5.82 Å². The Kier molecular flexibility index (Phi) is 3.81. The molecule has 6 heteroatoms. The summed E-state index contributed by atoms with van der Waals surface area (Å²) in [5, 5.41) is 8.57. The Bertz CT molecular complexity index is 791. The van der Waals surface area contributed by atoms with Crippen LogP contribution in [0.1, 0.15) is 0 Å². The van der Waals surface area contributed by atoms with Crippen molar-refractivity contribution in [2.45, 2.75) is 0 Å². The minimum atomic E-state index is 0.342. The van der Waals surface area contributed by atoms with Crippen molar-refractivity contribution in [3.8, 4) is 22.4 Å². The van der Waals surface area contributed by atoms with Crippen molar-refractivity contribution in [2.75, 3.05) is 5.73 Å². The van der Waals surface area contributed by atoms with Gasteiger partial charge in [-0.05, 0) is 18.2 Å². The van der Waals surface area contributed by atoms with Crippen LogP contribution >= 0.6 is 34.8 Å². The average molecular weight is 339 g/mol. The topological polar surface area (TPSA) is 54.7 Å². The number of nitrogens with zero attached hydrogens (tertiary/aromatic N) is 1. The standard InChI is InChI=1S/C15H10Cl3N3/c16-9-5-2-1-4-8(9)12-14(20-21-15(12)19)13-10(17)6-3-7-11(13)18/h1-7H,(H3,19,20,21). The number of aromatic amines is 1. The summed E-state index contributed by atoms with van der Waals surface area (Å²) in [5.41, 5.74) is 8.76. The highest BCUT2D eigenvalue weighted by Gasteiger charge is 2.20. The van der Waals surface area contributed by atoms with Crippen molar-refractivity contribution in [1.29, 1.82) is 0 Å². The molecule has 0 saturated heterocycles. The van der Waals surface area contributed by atoms with Crippen molar-refractivity contribution in [1.82, 2.24) is 10.2 Å². The number of aromatic nitrogens is 2. The van der Waals surface area contributed by atoms with Crippen molar-refractivity contribution in [3.63, 3.8) is 0 Å². The summed E-state index contributed by atoms with van der Waals surface area (Å²) in [6.45, 7) is 0. The molecule has 1 heterocycles. The smallest absolute Gasteiger partial charge is 0.153 e. The molecule has 3 nitrogen and oxygen atoms in total. The number of hydrogen-bond acceptors (Lipinski definition) is 2. The summed E-state index contributed by atoms with van der Waals surface area (Å²) in [4.78, 5) is 0. The predicted octanol–water partition coefficient (Wildman–Crippen LogP) is 5.29. The number of hydrogen-bond donors (Lipinski definition) is 2. The molecule has 0 spiro atoms. The lowest BCUT2D eigenvalue weighted by Crippen LogP contribution is -1.90. The zero-order chi connectivity index (χ0) is 15.0. The Balaban J connectivity index is 2.31. The van der Waals surface area contributed by atoms with Gasteiger partial charge in [0.05, 0.1) is 21.3 Å². The van der Waals surface area contributed by atoms with Gasteiger partial charge in [-0.2, -0.15) is 5.10 Å². The molecule has 3 rings (SSSR count). The van der Waals surface area contributed by atoms with Gasteiger partial charge in [0.25, 0.3) is 0 Å². The van der Waals surface area contributed by atoms with Gasteiger partial charge in [0.2, 0.25) is 0 Å². The first-order chi connectivity index (χ1) is 10.1. The fourth-order valence-corrected chi connectivity index (χ4v) is 3.03. The van der Waals surface area contributed by atoms with Crippen molar-refractivity contribution < 1.29 is 0 Å². The lowest BCUT2D eigenvalue weighted by Gasteiger charge is -2.09. The Morgan fingerprint density at radius 3 is 2.10 bits per heavy atom. The molecule has 3 aromatic rings. The van der Waals surface area contributed by atoms with Crippen LogP contribution in [0.2, 0.25) is 15.1 Å². The van der Waals surface area contributed by atoms with Gasteiger partial charge < -0.3 is 5.73 Å². The number of anilines is 1. The fourth-order valence-electron chi connectivity index (χ4n) is 2.21. The molecule has 0 aliphatic rings. The highest BCUT2D eigenvalue weighted by atomic mass is 35.5. The first kappa shape index (κ1) is 14.3. The van der Waals surface area contributed by atoms with Crippen molar-refractivity contribution >= 4 is 40.6 Å². The van der Waals surface area contributed by atoms with Crippen molar-refractivity contribution in [3.05, 3.63) is 57.5 Å². The largest absolute Gasteiger partial charge is 0.382 e. The first-order valence-corrected chi connectivity index (χ1v) is 7.26. The maximum absolute atomic E-state index is 6.27. The lowest BCUT2D eigenvalue weighted by molar-refractivity contribution is 1.10. The van der Waals surface area contributed by atoms with E-state index in [2.05, 4.69) is 10.2 Å². The van der Waals surface area contributed by atoms with E-state index < -0.39 is 0 Å². The summed E-state index contributed by atoms with van der Waals surface area (Å²) in [7, 11) is 0. The van der Waals surface area contributed by atoms with Crippen LogP contribution in [0.3, 0.4) is 0 Å². The molecule has 0 unspecified atom stereocenters. The number of nitrogens with one attached hydrogen (secondary N) is 1. The molecule has 0 aliphatic carbocycles. The molecule has 0 amide bonds. The quantitative estimate of drug-likeness (QED) is 0.667. The first-order valence-electron chi connectivity index (χ1n) is 6.12. The van der Waals surface area contributed by atoms with Gasteiger partial charge in [-0.3, -0.25) is 5.10 Å². The van der Waals surface area contributed by atoms with E-state index in [1.165, 1.54) is 0 Å². The second kappa shape index (κ2) is 5.60. The molecule has 0 bridgehead atoms. The van der Waals surface area contributed by atoms with E-state index in [0.29, 0.717) is 37.7 Å². The molecule has 21 heavy (non-hydrogen) atoms. The molecule has 3 N–H and O–H groups in total. The monoisotopic (exact) mass is 337 g/mol. The Labute approximate surface area is 136 Å². The average Bonchev–Trinajstić information content (AvgIpc) is 2.81. The zero-order valence-electron chi connectivity index (χ0n) is 10.7. The predicted molar refractivity (Wildman–Crippen MR) is 88.9 cm³/mol. The Morgan fingerprint density at radius 2 is 1.43 bits per heavy atom. The summed E-state index contributed by atoms with van der Waals surface area (Å²) < 4.78 is 0. The maximum Gasteiger partial charge on any atom is 0.153 e. The number of nitrogen functional groups attached to an aromatic ring is 1. The molecule has 2 aromatic carbocycles. The third-order valence-corrected chi connectivity index (χ3v) is 4.11. The van der Waals surface area contributed by atoms with Crippen LogP contribution in [0.15, 0.2) is 42.5 Å². The number of benzene rings is 2. The number of H-pyrrole nitrogens is 1. The summed E-state index contributed by atoms with van der Waals surface area (Å²) in [5.74, 6) is 0.342. The molecule has 0 saturated carbocycles. The minimum Gasteiger partial charge on any atom is -0.382 e. The van der Waals surface area contributed by atoms with E-state index in [0.717, 1.165) is 5.56 Å². The number of halogens is 3. The third kappa shape index (κ3) is 2.48. The second-order valence-electron chi connectivity index (χ2n) is 4.44. The Hall–Kier alpha value is -1.68. The van der Waals surface area contributed by atoms with Gasteiger partial charge in [0.1, 0.15) is 0 Å². The number of nitrogens with two attached hydrogens (primary N) is 1. The molecule has 0 aliphatic heterocycles. The van der Waals surface area contributed by atoms with Crippen LogP contribution < -0.4 is 5.73 Å².